The van der Waals surface area contributed by atoms with E-state index in [1.54, 1.807) is 6.20 Å². The zero-order valence-corrected chi connectivity index (χ0v) is 11.5. The third-order valence-corrected chi connectivity index (χ3v) is 2.81. The molecule has 1 aromatic rings. The first-order valence-electron chi connectivity index (χ1n) is 6.82. The van der Waals surface area contributed by atoms with Crippen LogP contribution in [0.2, 0.25) is 0 Å². The summed E-state index contributed by atoms with van der Waals surface area (Å²) in [5, 5.41) is 8.52. The summed E-state index contributed by atoms with van der Waals surface area (Å²) in [6.07, 6.45) is 5.36. The highest BCUT2D eigenvalue weighted by molar-refractivity contribution is 5.92. The van der Waals surface area contributed by atoms with Crippen molar-refractivity contribution in [1.29, 1.82) is 0 Å². The Morgan fingerprint density at radius 2 is 2.15 bits per heavy atom. The molecule has 0 atom stereocenters. The van der Waals surface area contributed by atoms with Gasteiger partial charge in [0.15, 0.2) is 0 Å². The third kappa shape index (κ3) is 4.49. The van der Waals surface area contributed by atoms with Gasteiger partial charge in [-0.2, -0.15) is 0 Å². The molecule has 0 saturated heterocycles. The second-order valence-corrected chi connectivity index (χ2v) is 4.67. The largest absolute Gasteiger partial charge is 0.369 e. The van der Waals surface area contributed by atoms with E-state index in [0.717, 1.165) is 12.8 Å². The number of anilines is 1. The van der Waals surface area contributed by atoms with Gasteiger partial charge in [-0.15, -0.1) is 0 Å². The van der Waals surface area contributed by atoms with Crippen LogP contribution in [0.5, 0.6) is 0 Å². The van der Waals surface area contributed by atoms with E-state index < -0.39 is 0 Å². The lowest BCUT2D eigenvalue weighted by molar-refractivity contribution is -0.121. The zero-order valence-electron chi connectivity index (χ0n) is 11.5. The second-order valence-electron chi connectivity index (χ2n) is 4.67. The van der Waals surface area contributed by atoms with Gasteiger partial charge in [0.1, 0.15) is 11.5 Å². The molecule has 1 saturated carbocycles. The summed E-state index contributed by atoms with van der Waals surface area (Å²) < 4.78 is 0. The fraction of sp³-hybridized carbons (Fsp3) is 0.538. The van der Waals surface area contributed by atoms with Gasteiger partial charge < -0.3 is 16.0 Å². The molecule has 0 spiro atoms. The van der Waals surface area contributed by atoms with Gasteiger partial charge in [-0.3, -0.25) is 14.6 Å². The van der Waals surface area contributed by atoms with Gasteiger partial charge in [0, 0.05) is 25.6 Å². The Kier molecular flexibility index (Phi) is 4.86. The topological polar surface area (TPSA) is 96.0 Å². The summed E-state index contributed by atoms with van der Waals surface area (Å²) in [5.41, 5.74) is 0.242. The third-order valence-electron chi connectivity index (χ3n) is 2.81. The number of hydrogen-bond acceptors (Lipinski definition) is 5. The van der Waals surface area contributed by atoms with Crippen molar-refractivity contribution in [3.63, 3.8) is 0 Å². The summed E-state index contributed by atoms with van der Waals surface area (Å²) in [6.45, 7) is 2.94. The van der Waals surface area contributed by atoms with Crippen molar-refractivity contribution in [2.24, 2.45) is 0 Å². The molecule has 108 valence electrons. The molecule has 2 amide bonds. The minimum absolute atomic E-state index is 0.0275. The number of hydrogen-bond donors (Lipinski definition) is 3. The number of rotatable bonds is 7. The molecule has 20 heavy (non-hydrogen) atoms. The molecule has 1 aromatic heterocycles. The maximum absolute atomic E-state index is 11.8. The summed E-state index contributed by atoms with van der Waals surface area (Å²) in [7, 11) is 0. The van der Waals surface area contributed by atoms with Crippen LogP contribution in [0, 0.1) is 0 Å². The van der Waals surface area contributed by atoms with Gasteiger partial charge in [0.25, 0.3) is 5.91 Å². The number of nitrogens with zero attached hydrogens (tertiary/aromatic N) is 2. The van der Waals surface area contributed by atoms with E-state index in [0.29, 0.717) is 24.9 Å². The summed E-state index contributed by atoms with van der Waals surface area (Å²) in [4.78, 5) is 31.4. The minimum Gasteiger partial charge on any atom is -0.369 e. The summed E-state index contributed by atoms with van der Waals surface area (Å²) in [6, 6.07) is 0.348. The van der Waals surface area contributed by atoms with Crippen LogP contribution in [0.15, 0.2) is 12.4 Å². The van der Waals surface area contributed by atoms with E-state index in [4.69, 9.17) is 0 Å². The number of amides is 2. The van der Waals surface area contributed by atoms with Gasteiger partial charge in [0.2, 0.25) is 5.91 Å². The van der Waals surface area contributed by atoms with E-state index in [9.17, 15) is 9.59 Å². The number of nitrogens with one attached hydrogen (secondary N) is 3. The van der Waals surface area contributed by atoms with Crippen molar-refractivity contribution < 1.29 is 9.59 Å². The van der Waals surface area contributed by atoms with Crippen LogP contribution in [-0.4, -0.2) is 40.9 Å². The van der Waals surface area contributed by atoms with Gasteiger partial charge in [-0.1, -0.05) is 0 Å². The molecule has 1 heterocycles. The van der Waals surface area contributed by atoms with E-state index in [1.165, 1.54) is 6.20 Å². The minimum atomic E-state index is -0.323. The fourth-order valence-electron chi connectivity index (χ4n) is 1.65. The molecule has 1 fully saturated rings. The number of carbonyl (C=O) groups is 2. The van der Waals surface area contributed by atoms with Crippen molar-refractivity contribution in [1.82, 2.24) is 20.6 Å². The van der Waals surface area contributed by atoms with Crippen molar-refractivity contribution in [3.8, 4) is 0 Å². The van der Waals surface area contributed by atoms with Crippen LogP contribution in [0.25, 0.3) is 0 Å². The van der Waals surface area contributed by atoms with Crippen LogP contribution in [0.4, 0.5) is 5.82 Å². The van der Waals surface area contributed by atoms with Gasteiger partial charge in [0.05, 0.1) is 12.4 Å². The average molecular weight is 277 g/mol. The molecule has 0 radical (unpaired) electrons. The smallest absolute Gasteiger partial charge is 0.271 e. The second kappa shape index (κ2) is 6.83. The van der Waals surface area contributed by atoms with Crippen LogP contribution >= 0.6 is 0 Å². The maximum atomic E-state index is 11.8. The predicted octanol–water partition coefficient (Wildman–Crippen LogP) is 0.307. The molecular weight excluding hydrogens is 258 g/mol. The fourth-order valence-corrected chi connectivity index (χ4v) is 1.65. The quantitative estimate of drug-likeness (QED) is 0.666. The Hall–Kier alpha value is -2.18. The van der Waals surface area contributed by atoms with E-state index in [2.05, 4.69) is 25.9 Å². The maximum Gasteiger partial charge on any atom is 0.271 e. The standard InChI is InChI=1S/C13H19N5O2/c1-2-15-11-8-14-7-10(18-11)13(20)16-6-5-12(19)17-9-3-4-9/h7-9H,2-6H2,1H3,(H,15,18)(H,16,20)(H,17,19). The van der Waals surface area contributed by atoms with E-state index in [1.807, 2.05) is 6.92 Å². The molecule has 7 nitrogen and oxygen atoms in total. The Morgan fingerprint density at radius 3 is 2.85 bits per heavy atom. The lowest BCUT2D eigenvalue weighted by Crippen LogP contribution is -2.32. The van der Waals surface area contributed by atoms with Crippen LogP contribution in [-0.2, 0) is 4.79 Å². The molecule has 1 aliphatic rings. The number of carbonyl (C=O) groups excluding carboxylic acids is 2. The van der Waals surface area contributed by atoms with Crippen LogP contribution < -0.4 is 16.0 Å². The van der Waals surface area contributed by atoms with Gasteiger partial charge in [-0.05, 0) is 19.8 Å². The van der Waals surface area contributed by atoms with Gasteiger partial charge >= 0.3 is 0 Å². The molecule has 2 rings (SSSR count). The molecule has 3 N–H and O–H groups in total. The zero-order chi connectivity index (χ0) is 14.4. The highest BCUT2D eigenvalue weighted by atomic mass is 16.2. The Labute approximate surface area is 117 Å². The Balaban J connectivity index is 1.75. The molecular formula is C13H19N5O2. The molecule has 0 aliphatic heterocycles. The molecule has 0 bridgehead atoms. The molecule has 1 aliphatic carbocycles. The van der Waals surface area contributed by atoms with Crippen molar-refractivity contribution in [3.05, 3.63) is 18.1 Å². The van der Waals surface area contributed by atoms with Crippen molar-refractivity contribution in [2.45, 2.75) is 32.2 Å². The Bertz CT molecular complexity index is 487. The lowest BCUT2D eigenvalue weighted by Gasteiger charge is -2.06. The van der Waals surface area contributed by atoms with Crippen LogP contribution in [0.3, 0.4) is 0 Å². The van der Waals surface area contributed by atoms with Crippen molar-refractivity contribution >= 4 is 17.6 Å². The van der Waals surface area contributed by atoms with E-state index in [-0.39, 0.29) is 23.9 Å². The van der Waals surface area contributed by atoms with Crippen LogP contribution in [0.1, 0.15) is 36.7 Å². The number of aromatic nitrogens is 2. The molecule has 7 heteroatoms. The lowest BCUT2D eigenvalue weighted by atomic mass is 10.3. The summed E-state index contributed by atoms with van der Waals surface area (Å²) in [5.74, 6) is 0.211. The first-order valence-corrected chi connectivity index (χ1v) is 6.82. The Morgan fingerprint density at radius 1 is 1.35 bits per heavy atom. The van der Waals surface area contributed by atoms with Crippen molar-refractivity contribution in [2.75, 3.05) is 18.4 Å². The SMILES string of the molecule is CCNc1cncc(C(=O)NCCC(=O)NC2CC2)n1. The first-order chi connectivity index (χ1) is 9.69. The average Bonchev–Trinajstić information content (AvgIpc) is 3.23. The highest BCUT2D eigenvalue weighted by Gasteiger charge is 2.22. The summed E-state index contributed by atoms with van der Waals surface area (Å²) >= 11 is 0. The normalized spacial score (nSPS) is 13.7. The first kappa shape index (κ1) is 14.2. The monoisotopic (exact) mass is 277 g/mol. The van der Waals surface area contributed by atoms with E-state index >= 15 is 0 Å². The molecule has 0 unspecified atom stereocenters. The van der Waals surface area contributed by atoms with Gasteiger partial charge in [-0.25, -0.2) is 4.98 Å². The highest BCUT2D eigenvalue weighted by Crippen LogP contribution is 2.18. The molecule has 0 aromatic carbocycles. The predicted molar refractivity (Wildman–Crippen MR) is 74.3 cm³/mol.